The molecule has 2 aromatic heterocycles. The molecule has 0 saturated carbocycles. The lowest BCUT2D eigenvalue weighted by Gasteiger charge is -2.02. The van der Waals surface area contributed by atoms with Gasteiger partial charge in [0.2, 0.25) is 0 Å². The van der Waals surface area contributed by atoms with Crippen molar-refractivity contribution in [3.8, 4) is 11.3 Å². The van der Waals surface area contributed by atoms with Gasteiger partial charge in [-0.2, -0.15) is 11.3 Å². The van der Waals surface area contributed by atoms with Crippen LogP contribution < -0.4 is 5.32 Å². The van der Waals surface area contributed by atoms with Crippen LogP contribution >= 0.6 is 11.3 Å². The molecule has 86 valence electrons. The molecule has 0 aliphatic rings. The summed E-state index contributed by atoms with van der Waals surface area (Å²) in [5.74, 6) is 0.853. The van der Waals surface area contributed by atoms with Gasteiger partial charge in [0.05, 0.1) is 6.61 Å². The second kappa shape index (κ2) is 5.79. The first-order valence-corrected chi connectivity index (χ1v) is 6.00. The highest BCUT2D eigenvalue weighted by Crippen LogP contribution is 2.24. The molecule has 0 spiro atoms. The Morgan fingerprint density at radius 3 is 3.25 bits per heavy atom. The molecule has 0 bridgehead atoms. The number of rotatable bonds is 6. The third kappa shape index (κ3) is 2.69. The molecule has 0 amide bonds. The number of methoxy groups -OCH3 is 1. The lowest BCUT2D eigenvalue weighted by Crippen LogP contribution is -2.19. The average molecular weight is 238 g/mol. The molecule has 0 unspecified atom stereocenters. The summed E-state index contributed by atoms with van der Waals surface area (Å²) in [7, 11) is 1.69. The maximum absolute atomic E-state index is 5.39. The van der Waals surface area contributed by atoms with Crippen molar-refractivity contribution in [2.45, 2.75) is 6.54 Å². The van der Waals surface area contributed by atoms with Gasteiger partial charge in [0, 0.05) is 31.1 Å². The van der Waals surface area contributed by atoms with Crippen LogP contribution in [0.1, 0.15) is 5.69 Å². The van der Waals surface area contributed by atoms with Gasteiger partial charge in [-0.05, 0) is 11.4 Å². The molecule has 4 nitrogen and oxygen atoms in total. The first kappa shape index (κ1) is 11.3. The number of hydrogen-bond donors (Lipinski definition) is 1. The van der Waals surface area contributed by atoms with E-state index in [1.807, 2.05) is 11.4 Å². The third-order valence-electron chi connectivity index (χ3n) is 2.20. The topological polar surface area (TPSA) is 47.3 Å². The van der Waals surface area contributed by atoms with Crippen molar-refractivity contribution in [2.24, 2.45) is 0 Å². The quantitative estimate of drug-likeness (QED) is 0.783. The molecule has 0 fully saturated rings. The summed E-state index contributed by atoms with van der Waals surface area (Å²) in [5, 5.41) is 7.33. The molecule has 2 heterocycles. The summed E-state index contributed by atoms with van der Waals surface area (Å²) in [4.78, 5) is 4.20. The highest BCUT2D eigenvalue weighted by Gasteiger charge is 2.10. The Hall–Kier alpha value is -1.17. The summed E-state index contributed by atoms with van der Waals surface area (Å²) in [6, 6.07) is 2.03. The van der Waals surface area contributed by atoms with Crippen LogP contribution in [0.15, 0.2) is 27.6 Å². The van der Waals surface area contributed by atoms with Crippen LogP contribution in [-0.2, 0) is 11.3 Å². The molecule has 0 aliphatic heterocycles. The highest BCUT2D eigenvalue weighted by atomic mass is 32.1. The summed E-state index contributed by atoms with van der Waals surface area (Å²) < 4.78 is 10.3. The number of thiophene rings is 1. The molecule has 2 aromatic rings. The highest BCUT2D eigenvalue weighted by molar-refractivity contribution is 7.08. The Kier molecular flexibility index (Phi) is 4.10. The molecule has 5 heteroatoms. The van der Waals surface area contributed by atoms with E-state index in [0.717, 1.165) is 23.6 Å². The van der Waals surface area contributed by atoms with Crippen molar-refractivity contribution in [3.63, 3.8) is 0 Å². The van der Waals surface area contributed by atoms with Gasteiger partial charge in [0.1, 0.15) is 5.69 Å². The lowest BCUT2D eigenvalue weighted by molar-refractivity contribution is 0.199. The van der Waals surface area contributed by atoms with Gasteiger partial charge in [-0.3, -0.25) is 0 Å². The summed E-state index contributed by atoms with van der Waals surface area (Å²) in [5.41, 5.74) is 2.03. The minimum atomic E-state index is 0.699. The third-order valence-corrected chi connectivity index (χ3v) is 2.88. The summed E-state index contributed by atoms with van der Waals surface area (Å²) in [6.45, 7) is 2.21. The Balaban J connectivity index is 1.97. The zero-order chi connectivity index (χ0) is 11.2. The molecular weight excluding hydrogens is 224 g/mol. The zero-order valence-corrected chi connectivity index (χ0v) is 9.92. The smallest absolute Gasteiger partial charge is 0.181 e. The van der Waals surface area contributed by atoms with Crippen molar-refractivity contribution in [1.82, 2.24) is 10.3 Å². The maximum atomic E-state index is 5.39. The molecule has 1 N–H and O–H groups in total. The van der Waals surface area contributed by atoms with Crippen molar-refractivity contribution in [1.29, 1.82) is 0 Å². The fourth-order valence-electron chi connectivity index (χ4n) is 1.40. The maximum Gasteiger partial charge on any atom is 0.181 e. The SMILES string of the molecule is COCCNCc1ncoc1-c1ccsc1. The van der Waals surface area contributed by atoms with Crippen molar-refractivity contribution in [3.05, 3.63) is 28.9 Å². The van der Waals surface area contributed by atoms with Gasteiger partial charge in [0.25, 0.3) is 0 Å². The van der Waals surface area contributed by atoms with E-state index in [9.17, 15) is 0 Å². The van der Waals surface area contributed by atoms with Crippen LogP contribution in [0.25, 0.3) is 11.3 Å². The van der Waals surface area contributed by atoms with Gasteiger partial charge in [-0.1, -0.05) is 0 Å². The molecule has 0 saturated heterocycles. The Labute approximate surface area is 98.3 Å². The van der Waals surface area contributed by atoms with Gasteiger partial charge in [-0.15, -0.1) is 0 Å². The molecule has 16 heavy (non-hydrogen) atoms. The van der Waals surface area contributed by atoms with Crippen LogP contribution in [0.4, 0.5) is 0 Å². The summed E-state index contributed by atoms with van der Waals surface area (Å²) >= 11 is 1.65. The molecular formula is C11H14N2O2S. The van der Waals surface area contributed by atoms with E-state index >= 15 is 0 Å². The summed E-state index contributed by atoms with van der Waals surface area (Å²) in [6.07, 6.45) is 1.49. The average Bonchev–Trinajstić information content (AvgIpc) is 2.94. The second-order valence-corrected chi connectivity index (χ2v) is 4.09. The molecule has 0 radical (unpaired) electrons. The molecule has 2 rings (SSSR count). The van der Waals surface area contributed by atoms with Crippen LogP contribution in [0, 0.1) is 0 Å². The minimum absolute atomic E-state index is 0.699. The van der Waals surface area contributed by atoms with E-state index in [2.05, 4.69) is 15.7 Å². The van der Waals surface area contributed by atoms with Gasteiger partial charge in [-0.25, -0.2) is 4.98 Å². The number of hydrogen-bond acceptors (Lipinski definition) is 5. The second-order valence-electron chi connectivity index (χ2n) is 3.31. The fraction of sp³-hybridized carbons (Fsp3) is 0.364. The van der Waals surface area contributed by atoms with Crippen molar-refractivity contribution in [2.75, 3.05) is 20.3 Å². The Bertz CT molecular complexity index is 411. The first-order chi connectivity index (χ1) is 7.92. The van der Waals surface area contributed by atoms with E-state index in [4.69, 9.17) is 9.15 Å². The van der Waals surface area contributed by atoms with Gasteiger partial charge < -0.3 is 14.5 Å². The predicted octanol–water partition coefficient (Wildman–Crippen LogP) is 2.14. The molecule has 0 aliphatic carbocycles. The molecule has 0 atom stereocenters. The minimum Gasteiger partial charge on any atom is -0.443 e. The fourth-order valence-corrected chi connectivity index (χ4v) is 2.04. The Morgan fingerprint density at radius 2 is 2.50 bits per heavy atom. The van der Waals surface area contributed by atoms with E-state index in [1.54, 1.807) is 18.4 Å². The van der Waals surface area contributed by atoms with E-state index < -0.39 is 0 Å². The normalized spacial score (nSPS) is 10.8. The van der Waals surface area contributed by atoms with Gasteiger partial charge >= 0.3 is 0 Å². The lowest BCUT2D eigenvalue weighted by atomic mass is 10.2. The molecule has 0 aromatic carbocycles. The van der Waals surface area contributed by atoms with E-state index in [1.165, 1.54) is 6.39 Å². The standard InChI is InChI=1S/C11H14N2O2S/c1-14-4-3-12-6-10-11(15-8-13-10)9-2-5-16-7-9/h2,5,7-8,12H,3-4,6H2,1H3. The number of oxazole rings is 1. The van der Waals surface area contributed by atoms with Crippen LogP contribution in [0.2, 0.25) is 0 Å². The number of nitrogens with zero attached hydrogens (tertiary/aromatic N) is 1. The predicted molar refractivity (Wildman–Crippen MR) is 63.4 cm³/mol. The van der Waals surface area contributed by atoms with Gasteiger partial charge in [0.15, 0.2) is 12.2 Å². The number of aromatic nitrogens is 1. The Morgan fingerprint density at radius 1 is 1.56 bits per heavy atom. The van der Waals surface area contributed by atoms with Crippen LogP contribution in [0.3, 0.4) is 0 Å². The van der Waals surface area contributed by atoms with E-state index in [-0.39, 0.29) is 0 Å². The number of nitrogens with one attached hydrogen (secondary N) is 1. The van der Waals surface area contributed by atoms with E-state index in [0.29, 0.717) is 13.2 Å². The monoisotopic (exact) mass is 238 g/mol. The number of ether oxygens (including phenoxy) is 1. The van der Waals surface area contributed by atoms with Crippen LogP contribution in [0.5, 0.6) is 0 Å². The van der Waals surface area contributed by atoms with Crippen molar-refractivity contribution < 1.29 is 9.15 Å². The van der Waals surface area contributed by atoms with Crippen molar-refractivity contribution >= 4 is 11.3 Å². The zero-order valence-electron chi connectivity index (χ0n) is 9.10. The largest absolute Gasteiger partial charge is 0.443 e. The van der Waals surface area contributed by atoms with Crippen LogP contribution in [-0.4, -0.2) is 25.2 Å². The first-order valence-electron chi connectivity index (χ1n) is 5.06.